The zero-order chi connectivity index (χ0) is 21.0. The molecule has 0 radical (unpaired) electrons. The van der Waals surface area contributed by atoms with Crippen LogP contribution in [0.1, 0.15) is 63.2 Å². The van der Waals surface area contributed by atoms with Crippen LogP contribution in [0, 0.1) is 23.2 Å². The van der Waals surface area contributed by atoms with Gasteiger partial charge in [0.25, 0.3) is 5.91 Å². The molecule has 5 heteroatoms. The Morgan fingerprint density at radius 2 is 1.62 bits per heavy atom. The number of fused-ring (bicyclic) bond motifs is 2. The molecule has 1 aliphatic heterocycles. The SMILES string of the molecule is C[C@H]1C[C@@H]2C[C@H](C1)CC(C)(C1(C)C(=O)N(CC(=O)c3ccccc3)C(=O)N1C)C2. The highest BCUT2D eigenvalue weighted by molar-refractivity contribution is 6.11. The molecule has 0 spiro atoms. The zero-order valence-corrected chi connectivity index (χ0v) is 18.0. The number of nitrogens with zero attached hydrogens (tertiary/aromatic N) is 2. The summed E-state index contributed by atoms with van der Waals surface area (Å²) in [5, 5.41) is 0. The number of carbonyl (C=O) groups is 3. The third-order valence-corrected chi connectivity index (χ3v) is 8.04. The van der Waals surface area contributed by atoms with Crippen molar-refractivity contribution in [3.05, 3.63) is 35.9 Å². The smallest absolute Gasteiger partial charge is 0.312 e. The fourth-order valence-corrected chi connectivity index (χ4v) is 6.51. The second-order valence-corrected chi connectivity index (χ2v) is 10.1. The second-order valence-electron chi connectivity index (χ2n) is 10.1. The van der Waals surface area contributed by atoms with E-state index in [2.05, 4.69) is 13.8 Å². The van der Waals surface area contributed by atoms with Gasteiger partial charge in [-0.15, -0.1) is 0 Å². The van der Waals surface area contributed by atoms with Crippen LogP contribution in [0.4, 0.5) is 4.79 Å². The Balaban J connectivity index is 1.60. The van der Waals surface area contributed by atoms with E-state index in [9.17, 15) is 14.4 Å². The normalized spacial score (nSPS) is 37.2. The number of benzene rings is 1. The fraction of sp³-hybridized carbons (Fsp3) is 0.625. The molecule has 1 saturated heterocycles. The van der Waals surface area contributed by atoms with Crippen LogP contribution in [-0.4, -0.2) is 46.7 Å². The van der Waals surface area contributed by atoms with E-state index in [4.69, 9.17) is 0 Å². The average molecular weight is 397 g/mol. The van der Waals surface area contributed by atoms with E-state index in [0.717, 1.165) is 18.8 Å². The number of imide groups is 1. The van der Waals surface area contributed by atoms with Gasteiger partial charge in [-0.05, 0) is 56.8 Å². The molecule has 3 amide bonds. The molecule has 5 nitrogen and oxygen atoms in total. The minimum absolute atomic E-state index is 0.193. The molecule has 5 atom stereocenters. The Kier molecular flexibility index (Phi) is 4.83. The molecule has 2 unspecified atom stereocenters. The Labute approximate surface area is 173 Å². The first kappa shape index (κ1) is 20.1. The predicted molar refractivity (Wildman–Crippen MR) is 111 cm³/mol. The monoisotopic (exact) mass is 396 g/mol. The Bertz CT molecular complexity index is 818. The minimum Gasteiger partial charge on any atom is -0.312 e. The molecule has 4 rings (SSSR count). The van der Waals surface area contributed by atoms with E-state index >= 15 is 0 Å². The number of rotatable bonds is 4. The fourth-order valence-electron chi connectivity index (χ4n) is 6.51. The van der Waals surface area contributed by atoms with Gasteiger partial charge in [0.1, 0.15) is 5.54 Å². The van der Waals surface area contributed by atoms with Crippen molar-refractivity contribution in [2.24, 2.45) is 23.2 Å². The van der Waals surface area contributed by atoms with Gasteiger partial charge in [-0.2, -0.15) is 0 Å². The van der Waals surface area contributed by atoms with Crippen LogP contribution < -0.4 is 0 Å². The quantitative estimate of drug-likeness (QED) is 0.561. The molecule has 3 aliphatic rings. The van der Waals surface area contributed by atoms with Crippen molar-refractivity contribution in [1.29, 1.82) is 0 Å². The van der Waals surface area contributed by atoms with Crippen LogP contribution in [0.15, 0.2) is 30.3 Å². The lowest BCUT2D eigenvalue weighted by Gasteiger charge is -2.54. The van der Waals surface area contributed by atoms with Gasteiger partial charge in [-0.3, -0.25) is 14.5 Å². The van der Waals surface area contributed by atoms with Gasteiger partial charge in [0, 0.05) is 18.0 Å². The van der Waals surface area contributed by atoms with Crippen molar-refractivity contribution in [2.45, 2.75) is 58.4 Å². The van der Waals surface area contributed by atoms with Crippen LogP contribution in [0.25, 0.3) is 0 Å². The van der Waals surface area contributed by atoms with E-state index in [1.807, 2.05) is 13.0 Å². The van der Waals surface area contributed by atoms with E-state index in [0.29, 0.717) is 17.4 Å². The van der Waals surface area contributed by atoms with Crippen molar-refractivity contribution < 1.29 is 14.4 Å². The third-order valence-electron chi connectivity index (χ3n) is 8.04. The van der Waals surface area contributed by atoms with Gasteiger partial charge in [-0.1, -0.05) is 44.2 Å². The topological polar surface area (TPSA) is 57.7 Å². The number of amides is 3. The Hall–Kier alpha value is -2.17. The molecule has 2 aliphatic carbocycles. The highest BCUT2D eigenvalue weighted by Crippen LogP contribution is 2.57. The maximum absolute atomic E-state index is 13.6. The van der Waals surface area contributed by atoms with Crippen molar-refractivity contribution >= 4 is 17.7 Å². The summed E-state index contributed by atoms with van der Waals surface area (Å²) in [6.45, 7) is 6.25. The third kappa shape index (κ3) is 3.10. The summed E-state index contributed by atoms with van der Waals surface area (Å²) >= 11 is 0. The van der Waals surface area contributed by atoms with Crippen molar-refractivity contribution in [3.63, 3.8) is 0 Å². The van der Waals surface area contributed by atoms with Gasteiger partial charge in [0.05, 0.1) is 6.54 Å². The Morgan fingerprint density at radius 3 is 2.21 bits per heavy atom. The second kappa shape index (κ2) is 6.96. The van der Waals surface area contributed by atoms with Gasteiger partial charge >= 0.3 is 6.03 Å². The van der Waals surface area contributed by atoms with Crippen LogP contribution >= 0.6 is 0 Å². The number of likely N-dealkylation sites (N-methyl/N-ethyl adjacent to an activating group) is 1. The molecule has 2 saturated carbocycles. The predicted octanol–water partition coefficient (Wildman–Crippen LogP) is 4.37. The summed E-state index contributed by atoms with van der Waals surface area (Å²) in [6.07, 6.45) is 5.61. The average Bonchev–Trinajstić information content (AvgIpc) is 2.84. The lowest BCUT2D eigenvalue weighted by Crippen LogP contribution is -2.60. The lowest BCUT2D eigenvalue weighted by atomic mass is 9.53. The molecule has 2 bridgehead atoms. The standard InChI is InChI=1S/C24H32N2O3/c1-16-10-17-12-18(11-16)14-23(2,13-17)24(3)21(28)26(22(29)25(24)4)15-20(27)19-8-6-5-7-9-19/h5-9,16-18H,10-15H2,1-4H3/t16-,17+,18-,23?,24?. The maximum atomic E-state index is 13.6. The molecular weight excluding hydrogens is 364 g/mol. The number of Topliss-reactive ketones (excluding diaryl/α,β-unsaturated/α-hetero) is 1. The summed E-state index contributed by atoms with van der Waals surface area (Å²) in [5.41, 5.74) is -0.651. The van der Waals surface area contributed by atoms with E-state index < -0.39 is 5.54 Å². The summed E-state index contributed by atoms with van der Waals surface area (Å²) in [6, 6.07) is 8.52. The molecule has 0 N–H and O–H groups in total. The molecule has 3 fully saturated rings. The molecule has 29 heavy (non-hydrogen) atoms. The molecule has 0 aromatic heterocycles. The summed E-state index contributed by atoms with van der Waals surface area (Å²) < 4.78 is 0. The Morgan fingerprint density at radius 1 is 1.03 bits per heavy atom. The minimum atomic E-state index is -0.904. The lowest BCUT2D eigenvalue weighted by molar-refractivity contribution is -0.142. The highest BCUT2D eigenvalue weighted by Gasteiger charge is 2.63. The van der Waals surface area contributed by atoms with Gasteiger partial charge < -0.3 is 4.90 Å². The summed E-state index contributed by atoms with van der Waals surface area (Å²) in [7, 11) is 1.73. The van der Waals surface area contributed by atoms with Crippen LogP contribution in [0.5, 0.6) is 0 Å². The molecular formula is C24H32N2O3. The number of hydrogen-bond donors (Lipinski definition) is 0. The largest absolute Gasteiger partial charge is 0.327 e. The number of urea groups is 1. The molecule has 156 valence electrons. The molecule has 1 aromatic rings. The van der Waals surface area contributed by atoms with Gasteiger partial charge in [0.15, 0.2) is 5.78 Å². The molecule has 1 aromatic carbocycles. The number of carbonyl (C=O) groups excluding carboxylic acids is 3. The first-order chi connectivity index (χ1) is 13.7. The van der Waals surface area contributed by atoms with Crippen molar-refractivity contribution in [1.82, 2.24) is 9.80 Å². The highest BCUT2D eigenvalue weighted by atomic mass is 16.2. The van der Waals surface area contributed by atoms with Crippen LogP contribution in [-0.2, 0) is 4.79 Å². The van der Waals surface area contributed by atoms with Crippen LogP contribution in [0.3, 0.4) is 0 Å². The zero-order valence-electron chi connectivity index (χ0n) is 18.0. The summed E-state index contributed by atoms with van der Waals surface area (Å²) in [5.74, 6) is 1.57. The first-order valence-corrected chi connectivity index (χ1v) is 10.8. The summed E-state index contributed by atoms with van der Waals surface area (Å²) in [4.78, 5) is 42.2. The van der Waals surface area contributed by atoms with Gasteiger partial charge in [-0.25, -0.2) is 4.79 Å². The van der Waals surface area contributed by atoms with E-state index in [1.165, 1.54) is 24.2 Å². The molecule has 1 heterocycles. The number of hydrogen-bond acceptors (Lipinski definition) is 3. The van der Waals surface area contributed by atoms with Crippen LogP contribution in [0.2, 0.25) is 0 Å². The van der Waals surface area contributed by atoms with E-state index in [-0.39, 0.29) is 29.7 Å². The van der Waals surface area contributed by atoms with Crippen molar-refractivity contribution in [2.75, 3.05) is 13.6 Å². The van der Waals surface area contributed by atoms with E-state index in [1.54, 1.807) is 36.2 Å². The maximum Gasteiger partial charge on any atom is 0.327 e. The van der Waals surface area contributed by atoms with Gasteiger partial charge in [0.2, 0.25) is 0 Å². The van der Waals surface area contributed by atoms with Crippen molar-refractivity contribution in [3.8, 4) is 0 Å². The first-order valence-electron chi connectivity index (χ1n) is 10.8. The number of ketones is 1.